The van der Waals surface area contributed by atoms with Crippen LogP contribution in [0.3, 0.4) is 0 Å². The molecule has 2 aliphatic heterocycles. The summed E-state index contributed by atoms with van der Waals surface area (Å²) in [5.41, 5.74) is 0.330. The number of hydrogen-bond donors (Lipinski definition) is 0. The maximum absolute atomic E-state index is 11.6. The average molecular weight is 190 g/mol. The molecule has 0 aromatic rings. The number of rotatable bonds is 0. The van der Waals surface area contributed by atoms with Crippen molar-refractivity contribution in [3.8, 4) is 0 Å². The van der Waals surface area contributed by atoms with Crippen molar-refractivity contribution in [2.45, 2.75) is 30.8 Å². The predicted molar refractivity (Wildman–Crippen MR) is 51.4 cm³/mol. The Hall–Kier alpha value is 0.660. The summed E-state index contributed by atoms with van der Waals surface area (Å²) in [6.07, 6.45) is 1.19. The van der Waals surface area contributed by atoms with Gasteiger partial charge in [0.2, 0.25) is 0 Å². The number of hydrogen-bond acceptors (Lipinski definition) is 2. The van der Waals surface area contributed by atoms with E-state index in [1.165, 1.54) is 12.2 Å². The Morgan fingerprint density at radius 1 is 1.55 bits per heavy atom. The van der Waals surface area contributed by atoms with Crippen molar-refractivity contribution in [3.05, 3.63) is 0 Å². The molecule has 64 valence electrons. The van der Waals surface area contributed by atoms with Gasteiger partial charge in [-0.1, -0.05) is 13.8 Å². The van der Waals surface area contributed by atoms with E-state index < -0.39 is 11.2 Å². The quantitative estimate of drug-likeness (QED) is 0.542. The highest BCUT2D eigenvalue weighted by Gasteiger charge is 2.54. The van der Waals surface area contributed by atoms with E-state index in [1.807, 2.05) is 11.8 Å². The molecule has 3 atom stereocenters. The van der Waals surface area contributed by atoms with Gasteiger partial charge in [0.05, 0.1) is 5.25 Å². The second-order valence-corrected chi connectivity index (χ2v) is 7.04. The van der Waals surface area contributed by atoms with E-state index in [4.69, 9.17) is 0 Å². The van der Waals surface area contributed by atoms with Crippen molar-refractivity contribution in [1.29, 1.82) is 0 Å². The van der Waals surface area contributed by atoms with Crippen LogP contribution in [0.5, 0.6) is 0 Å². The predicted octanol–water partition coefficient (Wildman–Crippen LogP) is 1.65. The van der Waals surface area contributed by atoms with Crippen LogP contribution in [0.4, 0.5) is 0 Å². The highest BCUT2D eigenvalue weighted by molar-refractivity contribution is 8.02. The van der Waals surface area contributed by atoms with Crippen LogP contribution in [0, 0.1) is 5.41 Å². The smallest absolute Gasteiger partial charge is 0.128 e. The number of fused-ring (bicyclic) bond motifs is 1. The van der Waals surface area contributed by atoms with Crippen molar-refractivity contribution in [2.24, 2.45) is 5.41 Å². The molecule has 0 bridgehead atoms. The van der Waals surface area contributed by atoms with E-state index >= 15 is 0 Å². The minimum atomic E-state index is -0.519. The molecule has 2 rings (SSSR count). The van der Waals surface area contributed by atoms with Gasteiger partial charge in [-0.05, 0) is 16.9 Å². The van der Waals surface area contributed by atoms with Gasteiger partial charge in [0.15, 0.2) is 0 Å². The summed E-state index contributed by atoms with van der Waals surface area (Å²) in [6, 6.07) is 0. The molecule has 0 aromatic carbocycles. The monoisotopic (exact) mass is 190 g/mol. The molecule has 0 aliphatic carbocycles. The van der Waals surface area contributed by atoms with E-state index in [9.17, 15) is 4.55 Å². The van der Waals surface area contributed by atoms with Gasteiger partial charge in [-0.15, -0.1) is 0 Å². The van der Waals surface area contributed by atoms with Gasteiger partial charge in [-0.3, -0.25) is 0 Å². The Morgan fingerprint density at radius 2 is 2.27 bits per heavy atom. The van der Waals surface area contributed by atoms with Crippen molar-refractivity contribution >= 4 is 22.9 Å². The van der Waals surface area contributed by atoms with Gasteiger partial charge in [0.1, 0.15) is 11.0 Å². The molecule has 0 amide bonds. The first-order chi connectivity index (χ1) is 5.11. The zero-order valence-corrected chi connectivity index (χ0v) is 8.63. The van der Waals surface area contributed by atoms with Gasteiger partial charge in [-0.25, -0.2) is 0 Å². The number of thioether (sulfide) groups is 1. The maximum atomic E-state index is 11.6. The van der Waals surface area contributed by atoms with Crippen molar-refractivity contribution in [1.82, 2.24) is 0 Å². The lowest BCUT2D eigenvalue weighted by molar-refractivity contribution is 0.423. The van der Waals surface area contributed by atoms with Crippen LogP contribution < -0.4 is 0 Å². The SMILES string of the molecule is CC1(C)C[S+]([O-])C2CCSC21. The standard InChI is InChI=1S/C8H14OS2/c1-8(2)5-11(9)6-3-4-10-7(6)8/h6-7H,3-5H2,1-2H3. The van der Waals surface area contributed by atoms with E-state index in [0.717, 1.165) is 5.75 Å². The van der Waals surface area contributed by atoms with Gasteiger partial charge < -0.3 is 4.55 Å². The molecule has 0 aromatic heterocycles. The third-order valence-corrected chi connectivity index (χ3v) is 6.84. The van der Waals surface area contributed by atoms with E-state index in [1.54, 1.807) is 0 Å². The molecule has 0 radical (unpaired) electrons. The molecule has 2 fully saturated rings. The summed E-state index contributed by atoms with van der Waals surface area (Å²) in [6.45, 7) is 4.52. The lowest BCUT2D eigenvalue weighted by Gasteiger charge is -2.19. The van der Waals surface area contributed by atoms with Crippen LogP contribution in [0.25, 0.3) is 0 Å². The molecule has 0 spiro atoms. The minimum Gasteiger partial charge on any atom is -0.616 e. The Labute approximate surface area is 75.5 Å². The topological polar surface area (TPSA) is 23.1 Å². The summed E-state index contributed by atoms with van der Waals surface area (Å²) in [5, 5.41) is 1.21. The largest absolute Gasteiger partial charge is 0.616 e. The molecule has 0 N–H and O–H groups in total. The van der Waals surface area contributed by atoms with E-state index in [-0.39, 0.29) is 0 Å². The Bertz CT molecular complexity index is 169. The lowest BCUT2D eigenvalue weighted by atomic mass is 9.89. The third kappa shape index (κ3) is 1.21. The fraction of sp³-hybridized carbons (Fsp3) is 1.00. The van der Waals surface area contributed by atoms with Crippen molar-refractivity contribution < 1.29 is 4.55 Å². The van der Waals surface area contributed by atoms with Gasteiger partial charge in [0.25, 0.3) is 0 Å². The summed E-state index contributed by atoms with van der Waals surface area (Å²) < 4.78 is 11.6. The third-order valence-electron chi connectivity index (χ3n) is 2.66. The molecular formula is C8H14OS2. The fourth-order valence-electron chi connectivity index (χ4n) is 2.12. The molecule has 2 aliphatic rings. The minimum absolute atomic E-state index is 0.330. The summed E-state index contributed by atoms with van der Waals surface area (Å²) in [7, 11) is 0. The molecule has 1 nitrogen and oxygen atoms in total. The highest BCUT2D eigenvalue weighted by Crippen LogP contribution is 2.49. The molecule has 0 saturated carbocycles. The van der Waals surface area contributed by atoms with Crippen LogP contribution >= 0.6 is 11.8 Å². The second kappa shape index (κ2) is 2.57. The second-order valence-electron chi connectivity index (χ2n) is 4.13. The average Bonchev–Trinajstić information content (AvgIpc) is 2.37. The van der Waals surface area contributed by atoms with Gasteiger partial charge in [-0.2, -0.15) is 11.8 Å². The molecule has 3 unspecified atom stereocenters. The molecule has 2 heterocycles. The maximum Gasteiger partial charge on any atom is 0.128 e. The van der Waals surface area contributed by atoms with E-state index in [0.29, 0.717) is 15.9 Å². The first kappa shape index (κ1) is 8.27. The molecule has 11 heavy (non-hydrogen) atoms. The molecular weight excluding hydrogens is 176 g/mol. The fourth-order valence-corrected chi connectivity index (χ4v) is 6.67. The molecule has 2 saturated heterocycles. The lowest BCUT2D eigenvalue weighted by Crippen LogP contribution is -2.25. The van der Waals surface area contributed by atoms with Gasteiger partial charge >= 0.3 is 0 Å². The highest BCUT2D eigenvalue weighted by atomic mass is 32.2. The first-order valence-corrected chi connectivity index (χ1v) is 6.53. The van der Waals surface area contributed by atoms with Gasteiger partial charge in [0, 0.05) is 11.8 Å². The molecule has 3 heteroatoms. The Kier molecular flexibility index (Phi) is 1.93. The van der Waals surface area contributed by atoms with Crippen LogP contribution in [-0.4, -0.2) is 26.6 Å². The Balaban J connectivity index is 2.20. The van der Waals surface area contributed by atoms with Crippen LogP contribution in [0.1, 0.15) is 20.3 Å². The van der Waals surface area contributed by atoms with Crippen LogP contribution in [0.15, 0.2) is 0 Å². The summed E-state index contributed by atoms with van der Waals surface area (Å²) in [5.74, 6) is 2.15. The summed E-state index contributed by atoms with van der Waals surface area (Å²) >= 11 is 1.51. The van der Waals surface area contributed by atoms with Crippen LogP contribution in [0.2, 0.25) is 0 Å². The van der Waals surface area contributed by atoms with E-state index in [2.05, 4.69) is 13.8 Å². The first-order valence-electron chi connectivity index (χ1n) is 4.10. The van der Waals surface area contributed by atoms with Crippen LogP contribution in [-0.2, 0) is 11.2 Å². The summed E-state index contributed by atoms with van der Waals surface area (Å²) in [4.78, 5) is 0. The van der Waals surface area contributed by atoms with Crippen molar-refractivity contribution in [2.75, 3.05) is 11.5 Å². The van der Waals surface area contributed by atoms with Crippen molar-refractivity contribution in [3.63, 3.8) is 0 Å². The normalized spacial score (nSPS) is 47.7. The zero-order chi connectivity index (χ0) is 8.06. The zero-order valence-electron chi connectivity index (χ0n) is 7.00. The Morgan fingerprint density at radius 3 is 2.91 bits per heavy atom.